The number of unbranched alkanes of at least 4 members (excludes halogenated alkanes) is 19. The number of nitrogens with one attached hydrogen (secondary N) is 1. The van der Waals surface area contributed by atoms with Gasteiger partial charge in [-0.15, -0.1) is 0 Å². The number of allylic oxidation sites excluding steroid dienone is 6. The first-order valence-electron chi connectivity index (χ1n) is 20.5. The van der Waals surface area contributed by atoms with Crippen LogP contribution < -0.4 is 5.32 Å². The molecule has 0 radical (unpaired) electrons. The number of carbonyl (C=O) groups excluding carboxylic acids is 2. The maximum absolute atomic E-state index is 12.0. The molecule has 0 aliphatic carbocycles. The van der Waals surface area contributed by atoms with Crippen LogP contribution in [0.15, 0.2) is 36.5 Å². The summed E-state index contributed by atoms with van der Waals surface area (Å²) in [6.07, 6.45) is 40.9. The van der Waals surface area contributed by atoms with E-state index in [1.807, 2.05) is 0 Å². The van der Waals surface area contributed by atoms with E-state index in [1.54, 1.807) is 0 Å². The highest BCUT2D eigenvalue weighted by Gasteiger charge is 2.23. The van der Waals surface area contributed by atoms with Gasteiger partial charge >= 0.3 is 13.8 Å². The monoisotopic (exact) mass is 742 g/mol. The van der Waals surface area contributed by atoms with Crippen LogP contribution in [0.1, 0.15) is 181 Å². The van der Waals surface area contributed by atoms with Crippen molar-refractivity contribution in [2.75, 3.05) is 26.4 Å². The number of hydrogen-bond donors (Lipinski definition) is 3. The molecule has 0 aromatic heterocycles. The van der Waals surface area contributed by atoms with Gasteiger partial charge in [0.2, 0.25) is 5.91 Å². The zero-order valence-electron chi connectivity index (χ0n) is 32.5. The molecule has 0 aliphatic rings. The third-order valence-electron chi connectivity index (χ3n) is 8.57. The predicted molar refractivity (Wildman–Crippen MR) is 211 cm³/mol. The maximum Gasteiger partial charge on any atom is 0.472 e. The van der Waals surface area contributed by atoms with Crippen LogP contribution in [0.2, 0.25) is 0 Å². The number of phosphoric acid groups is 1. The normalized spacial score (nSPS) is 13.7. The highest BCUT2D eigenvalue weighted by molar-refractivity contribution is 7.47. The molecule has 0 spiro atoms. The number of aliphatic hydroxyl groups excluding tert-OH is 1. The van der Waals surface area contributed by atoms with Gasteiger partial charge in [-0.3, -0.25) is 18.6 Å². The lowest BCUT2D eigenvalue weighted by atomic mass is 10.1. The maximum atomic E-state index is 12.0. The Hall–Kier alpha value is -1.77. The molecule has 10 heteroatoms. The summed E-state index contributed by atoms with van der Waals surface area (Å²) in [6.45, 7) is 3.47. The fraction of sp³-hybridized carbons (Fsp3) is 0.805. The van der Waals surface area contributed by atoms with Crippen molar-refractivity contribution in [1.82, 2.24) is 5.32 Å². The van der Waals surface area contributed by atoms with Crippen molar-refractivity contribution in [3.8, 4) is 0 Å². The molecule has 0 saturated carbocycles. The molecule has 0 aromatic rings. The summed E-state index contributed by atoms with van der Waals surface area (Å²) in [5.41, 5.74) is 0. The predicted octanol–water partition coefficient (Wildman–Crippen LogP) is 11.0. The SMILES string of the molecule is CCCCC/C=C\C/C=C\C/C=C\CCCCCCCCCCCCC(=O)OCC(O)COP(=O)(O)OCCNC(=O)CCCCCCCCC. The van der Waals surface area contributed by atoms with Gasteiger partial charge in [0.1, 0.15) is 12.7 Å². The van der Waals surface area contributed by atoms with Crippen molar-refractivity contribution in [1.29, 1.82) is 0 Å². The minimum Gasteiger partial charge on any atom is -0.463 e. The lowest BCUT2D eigenvalue weighted by molar-refractivity contribution is -0.147. The van der Waals surface area contributed by atoms with Crippen LogP contribution in [-0.4, -0.2) is 54.3 Å². The Bertz CT molecular complexity index is 939. The number of hydrogen-bond acceptors (Lipinski definition) is 7. The summed E-state index contributed by atoms with van der Waals surface area (Å²) in [7, 11) is -4.40. The zero-order valence-corrected chi connectivity index (χ0v) is 33.4. The van der Waals surface area contributed by atoms with Gasteiger partial charge in [-0.2, -0.15) is 0 Å². The van der Waals surface area contributed by atoms with E-state index in [-0.39, 0.29) is 32.1 Å². The summed E-state index contributed by atoms with van der Waals surface area (Å²) in [6, 6.07) is 0. The van der Waals surface area contributed by atoms with E-state index in [0.29, 0.717) is 6.42 Å². The van der Waals surface area contributed by atoms with Crippen molar-refractivity contribution in [3.63, 3.8) is 0 Å². The number of phosphoric ester groups is 1. The van der Waals surface area contributed by atoms with E-state index < -0.39 is 26.5 Å². The minimum absolute atomic E-state index is 0.0819. The van der Waals surface area contributed by atoms with E-state index in [0.717, 1.165) is 51.4 Å². The van der Waals surface area contributed by atoms with Gasteiger partial charge in [0.15, 0.2) is 0 Å². The smallest absolute Gasteiger partial charge is 0.463 e. The highest BCUT2D eigenvalue weighted by Crippen LogP contribution is 2.42. The largest absolute Gasteiger partial charge is 0.472 e. The van der Waals surface area contributed by atoms with Gasteiger partial charge in [0, 0.05) is 19.4 Å². The Morgan fingerprint density at radius 3 is 1.63 bits per heavy atom. The Morgan fingerprint density at radius 1 is 0.608 bits per heavy atom. The highest BCUT2D eigenvalue weighted by atomic mass is 31.2. The zero-order chi connectivity index (χ0) is 37.5. The van der Waals surface area contributed by atoms with Crippen molar-refractivity contribution in [2.45, 2.75) is 187 Å². The Morgan fingerprint density at radius 2 is 1.06 bits per heavy atom. The fourth-order valence-electron chi connectivity index (χ4n) is 5.45. The second-order valence-electron chi connectivity index (χ2n) is 13.6. The van der Waals surface area contributed by atoms with Crippen molar-refractivity contribution < 1.29 is 37.9 Å². The Kier molecular flexibility index (Phi) is 36.7. The number of carbonyl (C=O) groups is 2. The molecule has 0 saturated heterocycles. The second kappa shape index (κ2) is 38.0. The van der Waals surface area contributed by atoms with E-state index in [4.69, 9.17) is 13.8 Å². The average Bonchev–Trinajstić information content (AvgIpc) is 3.11. The molecule has 9 nitrogen and oxygen atoms in total. The van der Waals surface area contributed by atoms with Crippen LogP contribution >= 0.6 is 7.82 Å². The van der Waals surface area contributed by atoms with Crippen LogP contribution in [0.5, 0.6) is 0 Å². The van der Waals surface area contributed by atoms with E-state index in [9.17, 15) is 24.2 Å². The molecule has 298 valence electrons. The molecule has 0 aliphatic heterocycles. The molecule has 0 bridgehead atoms. The number of amides is 1. The third-order valence-corrected chi connectivity index (χ3v) is 9.56. The standard InChI is InChI=1S/C41H76NO8P/c1-3-5-7-9-11-12-13-14-15-16-17-18-19-20-21-22-23-24-25-26-28-30-32-34-41(45)48-37-39(43)38-50-51(46,47)49-36-35-42-40(44)33-31-29-27-10-8-6-4-2/h11-12,14-15,17-18,39,43H,3-10,13,16,19-38H2,1-2H3,(H,42,44)(H,46,47)/b12-11-,15-14-,18-17-. The lowest BCUT2D eigenvalue weighted by Gasteiger charge is -2.15. The summed E-state index contributed by atoms with van der Waals surface area (Å²) >= 11 is 0. The average molecular weight is 742 g/mol. The van der Waals surface area contributed by atoms with Gasteiger partial charge in [-0.1, -0.05) is 153 Å². The molecule has 1 amide bonds. The number of aliphatic hydroxyl groups is 1. The molecular weight excluding hydrogens is 665 g/mol. The summed E-state index contributed by atoms with van der Waals surface area (Å²) in [5.74, 6) is -0.526. The fourth-order valence-corrected chi connectivity index (χ4v) is 6.20. The first-order chi connectivity index (χ1) is 24.8. The molecule has 0 aromatic carbocycles. The summed E-state index contributed by atoms with van der Waals surface area (Å²) in [5, 5.41) is 12.6. The number of rotatable bonds is 38. The van der Waals surface area contributed by atoms with Crippen molar-refractivity contribution in [3.05, 3.63) is 36.5 Å². The van der Waals surface area contributed by atoms with Gasteiger partial charge in [0.05, 0.1) is 13.2 Å². The van der Waals surface area contributed by atoms with Gasteiger partial charge < -0.3 is 20.1 Å². The topological polar surface area (TPSA) is 131 Å². The lowest BCUT2D eigenvalue weighted by Crippen LogP contribution is -2.27. The first-order valence-corrected chi connectivity index (χ1v) is 22.0. The molecule has 0 heterocycles. The number of ether oxygens (including phenoxy) is 1. The number of esters is 1. The van der Waals surface area contributed by atoms with Gasteiger partial charge in [-0.25, -0.2) is 4.57 Å². The molecule has 3 N–H and O–H groups in total. The summed E-state index contributed by atoms with van der Waals surface area (Å²) in [4.78, 5) is 33.6. The molecule has 2 atom stereocenters. The minimum atomic E-state index is -4.40. The van der Waals surface area contributed by atoms with E-state index in [1.165, 1.54) is 103 Å². The molecule has 0 fully saturated rings. The molecular formula is C41H76NO8P. The molecule has 51 heavy (non-hydrogen) atoms. The van der Waals surface area contributed by atoms with Crippen LogP contribution in [0.3, 0.4) is 0 Å². The third kappa shape index (κ3) is 39.3. The van der Waals surface area contributed by atoms with Crippen molar-refractivity contribution >= 4 is 19.7 Å². The van der Waals surface area contributed by atoms with E-state index in [2.05, 4.69) is 55.6 Å². The van der Waals surface area contributed by atoms with Crippen LogP contribution in [0, 0.1) is 0 Å². The van der Waals surface area contributed by atoms with Gasteiger partial charge in [0.25, 0.3) is 0 Å². The Labute approximate surface area is 312 Å². The van der Waals surface area contributed by atoms with Crippen LogP contribution in [0.4, 0.5) is 0 Å². The van der Waals surface area contributed by atoms with Crippen LogP contribution in [-0.2, 0) is 27.9 Å². The van der Waals surface area contributed by atoms with Crippen molar-refractivity contribution in [2.24, 2.45) is 0 Å². The first kappa shape index (κ1) is 49.2. The van der Waals surface area contributed by atoms with E-state index >= 15 is 0 Å². The van der Waals surface area contributed by atoms with Crippen LogP contribution in [0.25, 0.3) is 0 Å². The van der Waals surface area contributed by atoms with Gasteiger partial charge in [-0.05, 0) is 51.4 Å². The molecule has 0 rings (SSSR count). The quantitative estimate of drug-likeness (QED) is 0.0247. The Balaban J connectivity index is 3.57. The molecule has 2 unspecified atom stereocenters. The summed E-state index contributed by atoms with van der Waals surface area (Å²) < 4.78 is 26.7. The second-order valence-corrected chi connectivity index (χ2v) is 15.1.